The predicted octanol–water partition coefficient (Wildman–Crippen LogP) is 3.77. The Morgan fingerprint density at radius 1 is 1.25 bits per heavy atom. The minimum atomic E-state index is -0.501. The van der Waals surface area contributed by atoms with Crippen LogP contribution in [0.25, 0.3) is 0 Å². The molecule has 2 aromatic rings. The van der Waals surface area contributed by atoms with Gasteiger partial charge in [-0.2, -0.15) is 0 Å². The van der Waals surface area contributed by atoms with Crippen molar-refractivity contribution in [3.63, 3.8) is 0 Å². The van der Waals surface area contributed by atoms with E-state index in [4.69, 9.17) is 4.74 Å². The van der Waals surface area contributed by atoms with Crippen molar-refractivity contribution in [2.45, 2.75) is 32.3 Å². The normalized spacial score (nSPS) is 18.1. The quantitative estimate of drug-likeness (QED) is 0.914. The Hall–Kier alpha value is -1.80. The molecule has 1 aliphatic carbocycles. The molecule has 1 aliphatic rings. The minimum Gasteiger partial charge on any atom is -0.493 e. The van der Waals surface area contributed by atoms with Crippen LogP contribution in [-0.4, -0.2) is 11.7 Å². The Labute approximate surface area is 120 Å². The van der Waals surface area contributed by atoms with Crippen LogP contribution in [0.3, 0.4) is 0 Å². The molecule has 0 amide bonds. The van der Waals surface area contributed by atoms with Crippen molar-refractivity contribution in [1.29, 1.82) is 0 Å². The van der Waals surface area contributed by atoms with Crippen molar-refractivity contribution >= 4 is 0 Å². The largest absolute Gasteiger partial charge is 0.493 e. The van der Waals surface area contributed by atoms with E-state index in [0.29, 0.717) is 12.5 Å². The molecule has 0 bridgehead atoms. The summed E-state index contributed by atoms with van der Waals surface area (Å²) in [4.78, 5) is 0. The van der Waals surface area contributed by atoms with Crippen LogP contribution in [-0.2, 0) is 6.42 Å². The Bertz CT molecular complexity index is 617. The summed E-state index contributed by atoms with van der Waals surface area (Å²) in [5.41, 5.74) is 4.85. The van der Waals surface area contributed by atoms with Crippen LogP contribution in [0.4, 0.5) is 0 Å². The highest BCUT2D eigenvalue weighted by molar-refractivity contribution is 5.41. The van der Waals surface area contributed by atoms with Gasteiger partial charge in [0.05, 0.1) is 12.7 Å². The lowest BCUT2D eigenvalue weighted by atomic mass is 9.78. The fourth-order valence-electron chi connectivity index (χ4n) is 2.83. The first-order valence-corrected chi connectivity index (χ1v) is 7.14. The van der Waals surface area contributed by atoms with E-state index in [2.05, 4.69) is 24.3 Å². The van der Waals surface area contributed by atoms with Crippen molar-refractivity contribution in [3.05, 3.63) is 64.7 Å². The van der Waals surface area contributed by atoms with Gasteiger partial charge < -0.3 is 9.84 Å². The Morgan fingerprint density at radius 3 is 2.80 bits per heavy atom. The first kappa shape index (κ1) is 13.2. The molecular formula is C18H20O2. The molecule has 104 valence electrons. The van der Waals surface area contributed by atoms with E-state index in [-0.39, 0.29) is 0 Å². The number of ether oxygens (including phenoxy) is 1. The number of benzene rings is 2. The van der Waals surface area contributed by atoms with Crippen molar-refractivity contribution in [1.82, 2.24) is 0 Å². The maximum absolute atomic E-state index is 9.84. The summed E-state index contributed by atoms with van der Waals surface area (Å²) in [5, 5.41) is 9.84. The van der Waals surface area contributed by atoms with E-state index in [1.165, 1.54) is 11.1 Å². The Kier molecular flexibility index (Phi) is 3.49. The third-order valence-electron chi connectivity index (χ3n) is 4.02. The molecule has 2 nitrogen and oxygen atoms in total. The molecule has 0 fully saturated rings. The van der Waals surface area contributed by atoms with Crippen LogP contribution in [0.15, 0.2) is 42.5 Å². The molecular weight excluding hydrogens is 248 g/mol. The van der Waals surface area contributed by atoms with Crippen molar-refractivity contribution < 1.29 is 9.84 Å². The van der Waals surface area contributed by atoms with E-state index in [1.54, 1.807) is 6.92 Å². The smallest absolute Gasteiger partial charge is 0.125 e. The SMILES string of the molecule is Cc1ccc(OCC2Cc3ccccc32)c([C@@H](C)O)c1. The van der Waals surface area contributed by atoms with Crippen molar-refractivity contribution in [2.75, 3.05) is 6.61 Å². The monoisotopic (exact) mass is 268 g/mol. The van der Waals surface area contributed by atoms with Gasteiger partial charge in [-0.25, -0.2) is 0 Å². The fraction of sp³-hybridized carbons (Fsp3) is 0.333. The van der Waals surface area contributed by atoms with Crippen LogP contribution >= 0.6 is 0 Å². The van der Waals surface area contributed by atoms with E-state index >= 15 is 0 Å². The minimum absolute atomic E-state index is 0.481. The average Bonchev–Trinajstić information content (AvgIpc) is 2.41. The maximum atomic E-state index is 9.84. The van der Waals surface area contributed by atoms with Crippen LogP contribution in [0.1, 0.15) is 41.2 Å². The molecule has 2 atom stereocenters. The molecule has 1 unspecified atom stereocenters. The van der Waals surface area contributed by atoms with Gasteiger partial charge in [0.2, 0.25) is 0 Å². The van der Waals surface area contributed by atoms with E-state index < -0.39 is 6.10 Å². The van der Waals surface area contributed by atoms with Gasteiger partial charge in [0.25, 0.3) is 0 Å². The summed E-state index contributed by atoms with van der Waals surface area (Å²) in [6.07, 6.45) is 0.588. The summed E-state index contributed by atoms with van der Waals surface area (Å²) >= 11 is 0. The summed E-state index contributed by atoms with van der Waals surface area (Å²) in [6, 6.07) is 14.5. The predicted molar refractivity (Wildman–Crippen MR) is 80.2 cm³/mol. The molecule has 0 saturated heterocycles. The second kappa shape index (κ2) is 5.29. The molecule has 0 spiro atoms. The number of hydrogen-bond donors (Lipinski definition) is 1. The van der Waals surface area contributed by atoms with Gasteiger partial charge >= 0.3 is 0 Å². The van der Waals surface area contributed by atoms with E-state index in [9.17, 15) is 5.11 Å². The summed E-state index contributed by atoms with van der Waals surface area (Å²) in [6.45, 7) is 4.48. The Morgan fingerprint density at radius 2 is 2.05 bits per heavy atom. The zero-order chi connectivity index (χ0) is 14.1. The van der Waals surface area contributed by atoms with Gasteiger partial charge in [-0.1, -0.05) is 35.9 Å². The van der Waals surface area contributed by atoms with Gasteiger partial charge in [0.1, 0.15) is 5.75 Å². The first-order valence-electron chi connectivity index (χ1n) is 7.14. The number of aryl methyl sites for hydroxylation is 1. The van der Waals surface area contributed by atoms with Crippen LogP contribution in [0.5, 0.6) is 5.75 Å². The highest BCUT2D eigenvalue weighted by Gasteiger charge is 2.26. The van der Waals surface area contributed by atoms with Crippen molar-refractivity contribution in [2.24, 2.45) is 0 Å². The standard InChI is InChI=1S/C18H20O2/c1-12-7-8-18(17(9-12)13(2)19)20-11-15-10-14-5-3-4-6-16(14)15/h3-9,13,15,19H,10-11H2,1-2H3/t13-,15?/m1/s1. The fourth-order valence-corrected chi connectivity index (χ4v) is 2.83. The molecule has 0 saturated carbocycles. The number of aliphatic hydroxyl groups excluding tert-OH is 1. The number of aliphatic hydroxyl groups is 1. The van der Waals surface area contributed by atoms with E-state index in [1.807, 2.05) is 25.1 Å². The van der Waals surface area contributed by atoms with Crippen LogP contribution in [0, 0.1) is 6.92 Å². The topological polar surface area (TPSA) is 29.5 Å². The number of hydrogen-bond acceptors (Lipinski definition) is 2. The van der Waals surface area contributed by atoms with Gasteiger partial charge in [-0.15, -0.1) is 0 Å². The number of fused-ring (bicyclic) bond motifs is 1. The number of rotatable bonds is 4. The van der Waals surface area contributed by atoms with Gasteiger partial charge in [0.15, 0.2) is 0 Å². The lowest BCUT2D eigenvalue weighted by molar-refractivity contribution is 0.188. The third kappa shape index (κ3) is 2.44. The van der Waals surface area contributed by atoms with Crippen molar-refractivity contribution in [3.8, 4) is 5.75 Å². The maximum Gasteiger partial charge on any atom is 0.125 e. The molecule has 0 radical (unpaired) electrons. The zero-order valence-corrected chi connectivity index (χ0v) is 12.0. The molecule has 2 heteroatoms. The second-order valence-corrected chi connectivity index (χ2v) is 5.63. The van der Waals surface area contributed by atoms with Gasteiger partial charge in [-0.3, -0.25) is 0 Å². The molecule has 3 rings (SSSR count). The van der Waals surface area contributed by atoms with Gasteiger partial charge in [0, 0.05) is 11.5 Å². The van der Waals surface area contributed by atoms with E-state index in [0.717, 1.165) is 23.3 Å². The van der Waals surface area contributed by atoms with Gasteiger partial charge in [-0.05, 0) is 43.5 Å². The molecule has 20 heavy (non-hydrogen) atoms. The highest BCUT2D eigenvalue weighted by Crippen LogP contribution is 2.36. The zero-order valence-electron chi connectivity index (χ0n) is 12.0. The molecule has 2 aromatic carbocycles. The summed E-state index contributed by atoms with van der Waals surface area (Å²) in [5.74, 6) is 1.28. The first-order chi connectivity index (χ1) is 9.65. The highest BCUT2D eigenvalue weighted by atomic mass is 16.5. The Balaban J connectivity index is 1.71. The lowest BCUT2D eigenvalue weighted by Gasteiger charge is -2.30. The lowest BCUT2D eigenvalue weighted by Crippen LogP contribution is -2.23. The molecule has 1 N–H and O–H groups in total. The average molecular weight is 268 g/mol. The third-order valence-corrected chi connectivity index (χ3v) is 4.02. The molecule has 0 aliphatic heterocycles. The molecule has 0 heterocycles. The molecule has 0 aromatic heterocycles. The summed E-state index contributed by atoms with van der Waals surface area (Å²) < 4.78 is 5.95. The second-order valence-electron chi connectivity index (χ2n) is 5.63. The van der Waals surface area contributed by atoms with Crippen LogP contribution in [0.2, 0.25) is 0 Å². The van der Waals surface area contributed by atoms with Crippen LogP contribution < -0.4 is 4.74 Å². The summed E-state index contributed by atoms with van der Waals surface area (Å²) in [7, 11) is 0.